The maximum absolute atomic E-state index is 11.8. The Bertz CT molecular complexity index is 520. The number of hydrogen-bond donors (Lipinski definition) is 2. The minimum atomic E-state index is -0.250. The molecule has 88 valence electrons. The Hall–Kier alpha value is -1.81. The van der Waals surface area contributed by atoms with Crippen LogP contribution in [0.4, 0.5) is 0 Å². The Morgan fingerprint density at radius 3 is 2.88 bits per heavy atom. The average molecular weight is 247 g/mol. The van der Waals surface area contributed by atoms with Gasteiger partial charge in [0.1, 0.15) is 5.75 Å². The fourth-order valence-corrected chi connectivity index (χ4v) is 2.16. The number of amides is 1. The second kappa shape index (κ2) is 5.01. The van der Waals surface area contributed by atoms with E-state index >= 15 is 0 Å². The summed E-state index contributed by atoms with van der Waals surface area (Å²) in [6, 6.07) is 9.05. The normalized spacial score (nSPS) is 10.2. The number of carbonyl (C=O) groups excluding carboxylic acids is 1. The van der Waals surface area contributed by atoms with E-state index in [1.807, 2.05) is 17.5 Å². The first-order valence-electron chi connectivity index (χ1n) is 5.27. The summed E-state index contributed by atoms with van der Waals surface area (Å²) in [4.78, 5) is 12.9. The molecule has 0 aliphatic rings. The Balaban J connectivity index is 2.07. The highest BCUT2D eigenvalue weighted by Crippen LogP contribution is 2.21. The van der Waals surface area contributed by atoms with Gasteiger partial charge < -0.3 is 10.4 Å². The van der Waals surface area contributed by atoms with E-state index in [0.717, 1.165) is 4.88 Å². The Morgan fingerprint density at radius 1 is 1.35 bits per heavy atom. The molecule has 0 bridgehead atoms. The molecule has 2 rings (SSSR count). The lowest BCUT2D eigenvalue weighted by molar-refractivity contribution is 0.0948. The fraction of sp³-hybridized carbons (Fsp3) is 0.154. The molecule has 0 saturated carbocycles. The first kappa shape index (κ1) is 11.7. The molecule has 1 heterocycles. The zero-order chi connectivity index (χ0) is 12.3. The first-order chi connectivity index (χ1) is 8.18. The van der Waals surface area contributed by atoms with Crippen LogP contribution in [0.25, 0.3) is 0 Å². The van der Waals surface area contributed by atoms with E-state index in [0.29, 0.717) is 17.7 Å². The number of para-hydroxylation sites is 1. The van der Waals surface area contributed by atoms with Crippen LogP contribution in [-0.2, 0) is 6.54 Å². The number of nitrogens with one attached hydrogen (secondary N) is 1. The summed E-state index contributed by atoms with van der Waals surface area (Å²) in [7, 11) is 0. The highest BCUT2D eigenvalue weighted by Gasteiger charge is 2.11. The zero-order valence-corrected chi connectivity index (χ0v) is 10.3. The molecule has 2 N–H and O–H groups in total. The highest BCUT2D eigenvalue weighted by molar-refractivity contribution is 7.09. The van der Waals surface area contributed by atoms with Gasteiger partial charge in [-0.1, -0.05) is 18.2 Å². The summed E-state index contributed by atoms with van der Waals surface area (Å²) >= 11 is 1.59. The molecule has 3 nitrogen and oxygen atoms in total. The zero-order valence-electron chi connectivity index (χ0n) is 9.43. The third kappa shape index (κ3) is 2.65. The van der Waals surface area contributed by atoms with Gasteiger partial charge in [0, 0.05) is 4.88 Å². The number of carbonyl (C=O) groups is 1. The molecule has 0 aliphatic heterocycles. The molecule has 1 aromatic heterocycles. The van der Waals surface area contributed by atoms with Crippen molar-refractivity contribution in [1.82, 2.24) is 5.32 Å². The van der Waals surface area contributed by atoms with Crippen molar-refractivity contribution in [2.45, 2.75) is 13.5 Å². The van der Waals surface area contributed by atoms with Gasteiger partial charge in [0.25, 0.3) is 5.91 Å². The standard InChI is InChI=1S/C13H13NO2S/c1-9-4-2-6-11(12(9)15)13(16)14-8-10-5-3-7-17-10/h2-7,15H,8H2,1H3,(H,14,16). The van der Waals surface area contributed by atoms with E-state index in [4.69, 9.17) is 0 Å². The number of phenols is 1. The summed E-state index contributed by atoms with van der Waals surface area (Å²) < 4.78 is 0. The number of rotatable bonds is 3. The Morgan fingerprint density at radius 2 is 2.18 bits per heavy atom. The molecule has 0 fully saturated rings. The van der Waals surface area contributed by atoms with Gasteiger partial charge in [0.05, 0.1) is 12.1 Å². The molecule has 2 aromatic rings. The topological polar surface area (TPSA) is 49.3 Å². The van der Waals surface area contributed by atoms with Crippen molar-refractivity contribution < 1.29 is 9.90 Å². The number of phenolic OH excluding ortho intramolecular Hbond substituents is 1. The fourth-order valence-electron chi connectivity index (χ4n) is 1.52. The Labute approximate surface area is 104 Å². The smallest absolute Gasteiger partial charge is 0.255 e. The van der Waals surface area contributed by atoms with Crippen molar-refractivity contribution in [3.63, 3.8) is 0 Å². The maximum Gasteiger partial charge on any atom is 0.255 e. The van der Waals surface area contributed by atoms with Crippen molar-refractivity contribution in [2.75, 3.05) is 0 Å². The summed E-state index contributed by atoms with van der Waals surface area (Å²) in [5.41, 5.74) is 1.02. The van der Waals surface area contributed by atoms with Crippen LogP contribution in [0.15, 0.2) is 35.7 Å². The number of aryl methyl sites for hydroxylation is 1. The quantitative estimate of drug-likeness (QED) is 0.876. The maximum atomic E-state index is 11.8. The molecular weight excluding hydrogens is 234 g/mol. The SMILES string of the molecule is Cc1cccc(C(=O)NCc2cccs2)c1O. The molecule has 0 radical (unpaired) electrons. The van der Waals surface area contributed by atoms with Crippen LogP contribution in [0.3, 0.4) is 0 Å². The van der Waals surface area contributed by atoms with Gasteiger partial charge in [-0.3, -0.25) is 4.79 Å². The van der Waals surface area contributed by atoms with Crippen LogP contribution in [0, 0.1) is 6.92 Å². The summed E-state index contributed by atoms with van der Waals surface area (Å²) in [5, 5.41) is 14.5. The van der Waals surface area contributed by atoms with Crippen LogP contribution in [0.1, 0.15) is 20.8 Å². The van der Waals surface area contributed by atoms with E-state index < -0.39 is 0 Å². The second-order valence-corrected chi connectivity index (χ2v) is 4.77. The van der Waals surface area contributed by atoms with Crippen molar-refractivity contribution >= 4 is 17.2 Å². The predicted octanol–water partition coefficient (Wildman–Crippen LogP) is 2.69. The van der Waals surface area contributed by atoms with Crippen LogP contribution in [-0.4, -0.2) is 11.0 Å². The molecule has 4 heteroatoms. The lowest BCUT2D eigenvalue weighted by atomic mass is 10.1. The van der Waals surface area contributed by atoms with E-state index in [1.165, 1.54) is 0 Å². The van der Waals surface area contributed by atoms with E-state index in [-0.39, 0.29) is 11.7 Å². The molecule has 0 unspecified atom stereocenters. The van der Waals surface area contributed by atoms with Crippen LogP contribution >= 0.6 is 11.3 Å². The van der Waals surface area contributed by atoms with Gasteiger partial charge >= 0.3 is 0 Å². The monoisotopic (exact) mass is 247 g/mol. The average Bonchev–Trinajstić information content (AvgIpc) is 2.82. The van der Waals surface area contributed by atoms with Gasteiger partial charge in [-0.05, 0) is 30.0 Å². The first-order valence-corrected chi connectivity index (χ1v) is 6.15. The van der Waals surface area contributed by atoms with Gasteiger partial charge in [-0.15, -0.1) is 11.3 Å². The molecule has 0 aliphatic carbocycles. The summed E-state index contributed by atoms with van der Waals surface area (Å²) in [6.07, 6.45) is 0. The lowest BCUT2D eigenvalue weighted by Gasteiger charge is -2.07. The molecule has 0 spiro atoms. The van der Waals surface area contributed by atoms with E-state index in [1.54, 1.807) is 36.5 Å². The molecule has 0 atom stereocenters. The van der Waals surface area contributed by atoms with Gasteiger partial charge in [-0.25, -0.2) is 0 Å². The molecule has 1 aromatic carbocycles. The van der Waals surface area contributed by atoms with Gasteiger partial charge in [0.2, 0.25) is 0 Å². The summed E-state index contributed by atoms with van der Waals surface area (Å²) in [6.45, 7) is 2.26. The van der Waals surface area contributed by atoms with E-state index in [9.17, 15) is 9.90 Å². The minimum Gasteiger partial charge on any atom is -0.507 e. The van der Waals surface area contributed by atoms with Crippen molar-refractivity contribution in [2.24, 2.45) is 0 Å². The predicted molar refractivity (Wildman–Crippen MR) is 68.3 cm³/mol. The van der Waals surface area contributed by atoms with Gasteiger partial charge in [-0.2, -0.15) is 0 Å². The number of hydrogen-bond acceptors (Lipinski definition) is 3. The second-order valence-electron chi connectivity index (χ2n) is 3.73. The molecule has 0 saturated heterocycles. The van der Waals surface area contributed by atoms with Crippen molar-refractivity contribution in [3.8, 4) is 5.75 Å². The van der Waals surface area contributed by atoms with E-state index in [2.05, 4.69) is 5.32 Å². The number of benzene rings is 1. The number of thiophene rings is 1. The third-order valence-corrected chi connectivity index (χ3v) is 3.36. The highest BCUT2D eigenvalue weighted by atomic mass is 32.1. The van der Waals surface area contributed by atoms with Crippen LogP contribution < -0.4 is 5.32 Å². The van der Waals surface area contributed by atoms with Crippen molar-refractivity contribution in [3.05, 3.63) is 51.7 Å². The molecule has 1 amide bonds. The largest absolute Gasteiger partial charge is 0.507 e. The number of aromatic hydroxyl groups is 1. The van der Waals surface area contributed by atoms with Gasteiger partial charge in [0.15, 0.2) is 0 Å². The van der Waals surface area contributed by atoms with Crippen LogP contribution in [0.2, 0.25) is 0 Å². The molecular formula is C13H13NO2S. The summed E-state index contributed by atoms with van der Waals surface area (Å²) in [5.74, 6) is -0.198. The minimum absolute atomic E-state index is 0.0520. The molecule has 17 heavy (non-hydrogen) atoms. The third-order valence-electron chi connectivity index (χ3n) is 2.49. The van der Waals surface area contributed by atoms with Crippen LogP contribution in [0.5, 0.6) is 5.75 Å². The lowest BCUT2D eigenvalue weighted by Crippen LogP contribution is -2.22. The van der Waals surface area contributed by atoms with Crippen molar-refractivity contribution in [1.29, 1.82) is 0 Å². The Kier molecular flexibility index (Phi) is 3.44.